The molecular formula is C14H20N2O. The van der Waals surface area contributed by atoms with Gasteiger partial charge in [0.25, 0.3) is 0 Å². The summed E-state index contributed by atoms with van der Waals surface area (Å²) in [6, 6.07) is 9.94. The van der Waals surface area contributed by atoms with Crippen molar-refractivity contribution in [3.8, 4) is 11.8 Å². The van der Waals surface area contributed by atoms with Gasteiger partial charge in [0, 0.05) is 12.1 Å². The molecule has 2 unspecified atom stereocenters. The molecule has 3 nitrogen and oxygen atoms in total. The van der Waals surface area contributed by atoms with Crippen molar-refractivity contribution >= 4 is 0 Å². The molecular weight excluding hydrogens is 212 g/mol. The molecule has 2 N–H and O–H groups in total. The van der Waals surface area contributed by atoms with E-state index in [1.165, 1.54) is 0 Å². The highest BCUT2D eigenvalue weighted by molar-refractivity contribution is 5.28. The lowest BCUT2D eigenvalue weighted by Crippen LogP contribution is -2.31. The van der Waals surface area contributed by atoms with E-state index < -0.39 is 0 Å². The average molecular weight is 232 g/mol. The van der Waals surface area contributed by atoms with Gasteiger partial charge in [-0.25, -0.2) is 0 Å². The van der Waals surface area contributed by atoms with Gasteiger partial charge < -0.3 is 10.4 Å². The van der Waals surface area contributed by atoms with Crippen LogP contribution in [0.2, 0.25) is 0 Å². The van der Waals surface area contributed by atoms with E-state index in [2.05, 4.69) is 25.2 Å². The Morgan fingerprint density at radius 2 is 1.88 bits per heavy atom. The van der Waals surface area contributed by atoms with Crippen LogP contribution in [0.25, 0.3) is 0 Å². The summed E-state index contributed by atoms with van der Waals surface area (Å²) in [7, 11) is 0. The van der Waals surface area contributed by atoms with Gasteiger partial charge in [-0.2, -0.15) is 5.26 Å². The number of nitrogens with zero attached hydrogens (tertiary/aromatic N) is 1. The molecule has 0 aromatic heterocycles. The molecule has 0 amide bonds. The van der Waals surface area contributed by atoms with Gasteiger partial charge in [-0.05, 0) is 30.5 Å². The molecule has 1 aromatic rings. The van der Waals surface area contributed by atoms with E-state index in [4.69, 9.17) is 5.26 Å². The second-order valence-electron chi connectivity index (χ2n) is 4.19. The Bertz CT molecular complexity index is 367. The van der Waals surface area contributed by atoms with Gasteiger partial charge in [0.15, 0.2) is 0 Å². The summed E-state index contributed by atoms with van der Waals surface area (Å²) in [6.07, 6.45) is 2.44. The molecule has 0 aliphatic heterocycles. The summed E-state index contributed by atoms with van der Waals surface area (Å²) < 4.78 is 0. The van der Waals surface area contributed by atoms with Crippen molar-refractivity contribution in [2.75, 3.05) is 0 Å². The fraction of sp³-hybridized carbons (Fsp3) is 0.500. The number of rotatable bonds is 6. The predicted octanol–water partition coefficient (Wildman–Crippen LogP) is 3.13. The monoisotopic (exact) mass is 232 g/mol. The molecule has 3 heteroatoms. The molecule has 1 rings (SSSR count). The van der Waals surface area contributed by atoms with Crippen LogP contribution in [0, 0.1) is 11.3 Å². The fourth-order valence-corrected chi connectivity index (χ4v) is 1.87. The van der Waals surface area contributed by atoms with Crippen LogP contribution in [0.1, 0.15) is 44.7 Å². The van der Waals surface area contributed by atoms with Gasteiger partial charge in [-0.15, -0.1) is 0 Å². The van der Waals surface area contributed by atoms with Gasteiger partial charge in [-0.1, -0.05) is 26.0 Å². The first kappa shape index (κ1) is 13.5. The SMILES string of the molecule is CCC(CC#N)NC(CC)c1ccc(O)cc1. The van der Waals surface area contributed by atoms with Crippen LogP contribution >= 0.6 is 0 Å². The minimum absolute atomic E-state index is 0.235. The van der Waals surface area contributed by atoms with Crippen molar-refractivity contribution in [1.29, 1.82) is 5.26 Å². The van der Waals surface area contributed by atoms with E-state index in [0.717, 1.165) is 18.4 Å². The molecule has 0 saturated heterocycles. The second-order valence-corrected chi connectivity index (χ2v) is 4.19. The summed E-state index contributed by atoms with van der Waals surface area (Å²) in [5.74, 6) is 0.285. The number of aromatic hydroxyl groups is 1. The minimum Gasteiger partial charge on any atom is -0.508 e. The Morgan fingerprint density at radius 3 is 2.35 bits per heavy atom. The van der Waals surface area contributed by atoms with E-state index in [1.54, 1.807) is 12.1 Å². The summed E-state index contributed by atoms with van der Waals surface area (Å²) in [6.45, 7) is 4.20. The van der Waals surface area contributed by atoms with Crippen molar-refractivity contribution in [2.45, 2.75) is 45.2 Å². The fourth-order valence-electron chi connectivity index (χ4n) is 1.87. The van der Waals surface area contributed by atoms with Crippen LogP contribution in [-0.4, -0.2) is 11.1 Å². The highest BCUT2D eigenvalue weighted by Gasteiger charge is 2.14. The molecule has 92 valence electrons. The second kappa shape index (κ2) is 6.93. The van der Waals surface area contributed by atoms with Gasteiger partial charge in [0.2, 0.25) is 0 Å². The maximum absolute atomic E-state index is 9.26. The van der Waals surface area contributed by atoms with Crippen molar-refractivity contribution in [2.24, 2.45) is 0 Å². The molecule has 1 aromatic carbocycles. The third-order valence-electron chi connectivity index (χ3n) is 2.97. The van der Waals surface area contributed by atoms with Crippen LogP contribution < -0.4 is 5.32 Å². The van der Waals surface area contributed by atoms with Crippen molar-refractivity contribution in [3.05, 3.63) is 29.8 Å². The number of nitrogens with one attached hydrogen (secondary N) is 1. The molecule has 0 aliphatic carbocycles. The molecule has 0 fully saturated rings. The zero-order valence-electron chi connectivity index (χ0n) is 10.5. The molecule has 0 aliphatic rings. The highest BCUT2D eigenvalue weighted by Crippen LogP contribution is 2.20. The Morgan fingerprint density at radius 1 is 1.24 bits per heavy atom. The Kier molecular flexibility index (Phi) is 5.51. The molecule has 0 saturated carbocycles. The number of benzene rings is 1. The van der Waals surface area contributed by atoms with Crippen LogP contribution in [0.4, 0.5) is 0 Å². The standard InChI is InChI=1S/C14H20N2O/c1-3-12(9-10-15)16-14(4-2)11-5-7-13(17)8-6-11/h5-8,12,14,16-17H,3-4,9H2,1-2H3. The van der Waals surface area contributed by atoms with Gasteiger partial charge in [0.1, 0.15) is 5.75 Å². The average Bonchev–Trinajstić information content (AvgIpc) is 2.36. The van der Waals surface area contributed by atoms with E-state index in [9.17, 15) is 5.11 Å². The first-order chi connectivity index (χ1) is 8.21. The lowest BCUT2D eigenvalue weighted by atomic mass is 10.0. The topological polar surface area (TPSA) is 56.0 Å². The first-order valence-corrected chi connectivity index (χ1v) is 6.13. The summed E-state index contributed by atoms with van der Waals surface area (Å²) >= 11 is 0. The number of phenols is 1. The number of nitriles is 1. The molecule has 0 bridgehead atoms. The maximum Gasteiger partial charge on any atom is 0.115 e. The summed E-state index contributed by atoms with van der Waals surface area (Å²) in [5, 5.41) is 21.5. The molecule has 0 radical (unpaired) electrons. The van der Waals surface area contributed by atoms with Crippen LogP contribution in [-0.2, 0) is 0 Å². The molecule has 0 heterocycles. The quantitative estimate of drug-likeness (QED) is 0.792. The number of phenolic OH excluding ortho intramolecular Hbond substituents is 1. The normalized spacial score (nSPS) is 13.9. The van der Waals surface area contributed by atoms with Crippen molar-refractivity contribution in [1.82, 2.24) is 5.32 Å². The largest absolute Gasteiger partial charge is 0.508 e. The number of hydrogen-bond acceptors (Lipinski definition) is 3. The smallest absolute Gasteiger partial charge is 0.115 e. The van der Waals surface area contributed by atoms with Crippen LogP contribution in [0.3, 0.4) is 0 Å². The third-order valence-corrected chi connectivity index (χ3v) is 2.97. The lowest BCUT2D eigenvalue weighted by Gasteiger charge is -2.23. The van der Waals surface area contributed by atoms with E-state index >= 15 is 0 Å². The third kappa shape index (κ3) is 4.08. The van der Waals surface area contributed by atoms with E-state index in [1.807, 2.05) is 12.1 Å². The van der Waals surface area contributed by atoms with Crippen LogP contribution in [0.5, 0.6) is 5.75 Å². The zero-order valence-corrected chi connectivity index (χ0v) is 10.5. The van der Waals surface area contributed by atoms with Gasteiger partial charge in [-0.3, -0.25) is 0 Å². The Balaban J connectivity index is 2.71. The van der Waals surface area contributed by atoms with Gasteiger partial charge >= 0.3 is 0 Å². The Hall–Kier alpha value is -1.53. The maximum atomic E-state index is 9.26. The van der Waals surface area contributed by atoms with E-state index in [-0.39, 0.29) is 17.8 Å². The predicted molar refractivity (Wildman–Crippen MR) is 68.6 cm³/mol. The summed E-state index contributed by atoms with van der Waals surface area (Å²) in [4.78, 5) is 0. The molecule has 2 atom stereocenters. The first-order valence-electron chi connectivity index (χ1n) is 6.13. The summed E-state index contributed by atoms with van der Waals surface area (Å²) in [5.41, 5.74) is 1.15. The zero-order chi connectivity index (χ0) is 12.7. The highest BCUT2D eigenvalue weighted by atomic mass is 16.3. The lowest BCUT2D eigenvalue weighted by molar-refractivity contribution is 0.419. The number of hydrogen-bond donors (Lipinski definition) is 2. The van der Waals surface area contributed by atoms with E-state index in [0.29, 0.717) is 6.42 Å². The minimum atomic E-state index is 0.235. The van der Waals surface area contributed by atoms with Crippen molar-refractivity contribution < 1.29 is 5.11 Å². The van der Waals surface area contributed by atoms with Crippen molar-refractivity contribution in [3.63, 3.8) is 0 Å². The molecule has 0 spiro atoms. The molecule has 17 heavy (non-hydrogen) atoms. The Labute approximate surface area is 103 Å². The van der Waals surface area contributed by atoms with Gasteiger partial charge in [0.05, 0.1) is 12.5 Å². The van der Waals surface area contributed by atoms with Crippen LogP contribution in [0.15, 0.2) is 24.3 Å².